The van der Waals surface area contributed by atoms with Crippen molar-refractivity contribution in [1.82, 2.24) is 20.1 Å². The molecule has 5 N–H and O–H groups in total. The number of nitrogens with two attached hydrogens (primary N) is 1. The van der Waals surface area contributed by atoms with Gasteiger partial charge in [-0.2, -0.15) is 18.3 Å². The smallest absolute Gasteiger partial charge is 0.416 e. The Morgan fingerprint density at radius 2 is 2.06 bits per heavy atom. The minimum absolute atomic E-state index is 0.0236. The van der Waals surface area contributed by atoms with Gasteiger partial charge in [-0.15, -0.1) is 0 Å². The molecule has 3 heterocycles. The molecule has 180 valence electrons. The molecule has 0 bridgehead atoms. The fraction of sp³-hybridized carbons (Fsp3) is 0.364. The van der Waals surface area contributed by atoms with Gasteiger partial charge in [0.15, 0.2) is 5.82 Å². The number of hydrogen-bond donors (Lipinski definition) is 4. The van der Waals surface area contributed by atoms with E-state index in [2.05, 4.69) is 20.5 Å². The maximum absolute atomic E-state index is 13.2. The number of aromatic nitrogens is 3. The first-order valence-corrected chi connectivity index (χ1v) is 10.6. The molecular formula is C22H23F3N6O3. The Kier molecular flexibility index (Phi) is 6.07. The van der Waals surface area contributed by atoms with Gasteiger partial charge in [-0.1, -0.05) is 0 Å². The third-order valence-corrected chi connectivity index (χ3v) is 5.96. The Morgan fingerprint density at radius 3 is 2.76 bits per heavy atom. The summed E-state index contributed by atoms with van der Waals surface area (Å²) in [5.74, 6) is 0.106. The van der Waals surface area contributed by atoms with E-state index >= 15 is 0 Å². The summed E-state index contributed by atoms with van der Waals surface area (Å²) in [6.45, 7) is 2.39. The Balaban J connectivity index is 1.69. The predicted octanol–water partition coefficient (Wildman–Crippen LogP) is 3.95. The fourth-order valence-corrected chi connectivity index (χ4v) is 4.18. The molecule has 0 radical (unpaired) electrons. The maximum Gasteiger partial charge on any atom is 0.416 e. The molecule has 2 atom stereocenters. The van der Waals surface area contributed by atoms with Gasteiger partial charge in [0.05, 0.1) is 17.0 Å². The summed E-state index contributed by atoms with van der Waals surface area (Å²) in [5, 5.41) is 19.5. The van der Waals surface area contributed by atoms with Crippen LogP contribution in [-0.2, 0) is 6.18 Å². The molecule has 1 unspecified atom stereocenters. The van der Waals surface area contributed by atoms with Gasteiger partial charge in [0.2, 0.25) is 0 Å². The number of piperidine rings is 1. The number of amides is 1. The molecule has 1 aliphatic rings. The highest BCUT2D eigenvalue weighted by Gasteiger charge is 2.31. The van der Waals surface area contributed by atoms with Gasteiger partial charge in [-0.25, -0.2) is 9.89 Å². The van der Waals surface area contributed by atoms with Crippen molar-refractivity contribution in [2.45, 2.75) is 37.9 Å². The highest BCUT2D eigenvalue weighted by molar-refractivity contribution is 5.90. The first-order valence-electron chi connectivity index (χ1n) is 10.6. The summed E-state index contributed by atoms with van der Waals surface area (Å²) in [6.07, 6.45) is -2.72. The average molecular weight is 476 g/mol. The van der Waals surface area contributed by atoms with E-state index < -0.39 is 29.4 Å². The number of hydrogen-bond acceptors (Lipinski definition) is 6. The van der Waals surface area contributed by atoms with E-state index in [1.807, 2.05) is 0 Å². The third kappa shape index (κ3) is 4.75. The molecule has 9 nitrogen and oxygen atoms in total. The Hall–Kier alpha value is -3.83. The van der Waals surface area contributed by atoms with Crippen LogP contribution in [0.4, 0.5) is 29.5 Å². The van der Waals surface area contributed by atoms with Crippen LogP contribution in [-0.4, -0.2) is 44.4 Å². The number of likely N-dealkylation sites (tertiary alicyclic amines) is 1. The highest BCUT2D eigenvalue weighted by atomic mass is 19.4. The van der Waals surface area contributed by atoms with Gasteiger partial charge < -0.3 is 21.1 Å². The Labute approximate surface area is 191 Å². The monoisotopic (exact) mass is 476 g/mol. The van der Waals surface area contributed by atoms with Gasteiger partial charge in [0.25, 0.3) is 5.56 Å². The van der Waals surface area contributed by atoms with Crippen LogP contribution in [0.2, 0.25) is 0 Å². The molecule has 3 aromatic rings. The first-order chi connectivity index (χ1) is 16.0. The number of nitrogens with one attached hydrogen (secondary N) is 2. The Morgan fingerprint density at radius 1 is 1.29 bits per heavy atom. The molecule has 34 heavy (non-hydrogen) atoms. The van der Waals surface area contributed by atoms with Crippen molar-refractivity contribution in [3.05, 3.63) is 57.6 Å². The van der Waals surface area contributed by atoms with Gasteiger partial charge in [-0.3, -0.25) is 9.78 Å². The molecule has 0 spiro atoms. The molecule has 1 amide bonds. The second-order valence-electron chi connectivity index (χ2n) is 8.38. The van der Waals surface area contributed by atoms with Crippen molar-refractivity contribution >= 4 is 28.4 Å². The number of nitrogen functional groups attached to an aromatic ring is 1. The van der Waals surface area contributed by atoms with E-state index in [4.69, 9.17) is 5.73 Å². The zero-order valence-electron chi connectivity index (χ0n) is 18.2. The number of rotatable bonds is 4. The molecule has 1 aromatic carbocycles. The van der Waals surface area contributed by atoms with Crippen molar-refractivity contribution in [1.29, 1.82) is 0 Å². The number of H-pyrrole nitrogens is 1. The van der Waals surface area contributed by atoms with E-state index in [1.54, 1.807) is 13.0 Å². The van der Waals surface area contributed by atoms with Gasteiger partial charge in [0.1, 0.15) is 0 Å². The van der Waals surface area contributed by atoms with Crippen LogP contribution < -0.4 is 16.6 Å². The number of nitrogens with zero attached hydrogens (tertiary/aromatic N) is 3. The lowest BCUT2D eigenvalue weighted by Crippen LogP contribution is -2.38. The van der Waals surface area contributed by atoms with Crippen molar-refractivity contribution in [3.8, 4) is 0 Å². The fourth-order valence-electron chi connectivity index (χ4n) is 4.18. The van der Waals surface area contributed by atoms with Crippen LogP contribution in [0.15, 0.2) is 35.3 Å². The van der Waals surface area contributed by atoms with Gasteiger partial charge in [0, 0.05) is 42.0 Å². The lowest BCUT2D eigenvalue weighted by Gasteiger charge is -2.30. The third-order valence-electron chi connectivity index (χ3n) is 5.96. The molecule has 0 saturated carbocycles. The molecular weight excluding hydrogens is 453 g/mol. The Bertz CT molecular complexity index is 1290. The van der Waals surface area contributed by atoms with Crippen LogP contribution in [0.3, 0.4) is 0 Å². The zero-order valence-corrected chi connectivity index (χ0v) is 18.2. The number of carboxylic acid groups (broad SMARTS) is 1. The van der Waals surface area contributed by atoms with Crippen LogP contribution in [0.1, 0.15) is 48.5 Å². The lowest BCUT2D eigenvalue weighted by atomic mass is 9.93. The normalized spacial score (nSPS) is 17.5. The summed E-state index contributed by atoms with van der Waals surface area (Å²) in [5.41, 5.74) is 5.25. The van der Waals surface area contributed by atoms with E-state index in [9.17, 15) is 27.9 Å². The number of aromatic amines is 1. The number of pyridine rings is 1. The van der Waals surface area contributed by atoms with E-state index in [-0.39, 0.29) is 29.4 Å². The summed E-state index contributed by atoms with van der Waals surface area (Å²) < 4.78 is 39.6. The number of carbonyl (C=O) groups is 1. The largest absolute Gasteiger partial charge is 0.465 e. The molecule has 1 aliphatic heterocycles. The number of alkyl halides is 3. The molecule has 1 fully saturated rings. The maximum atomic E-state index is 13.2. The van der Waals surface area contributed by atoms with Crippen LogP contribution in [0.25, 0.3) is 10.8 Å². The molecule has 1 saturated heterocycles. The molecule has 12 heteroatoms. The zero-order chi connectivity index (χ0) is 24.6. The number of halogens is 3. The minimum atomic E-state index is -4.54. The van der Waals surface area contributed by atoms with Crippen molar-refractivity contribution in [2.24, 2.45) is 0 Å². The lowest BCUT2D eigenvalue weighted by molar-refractivity contribution is -0.137. The number of benzene rings is 1. The van der Waals surface area contributed by atoms with Crippen molar-refractivity contribution < 1.29 is 23.1 Å². The summed E-state index contributed by atoms with van der Waals surface area (Å²) in [7, 11) is 0. The van der Waals surface area contributed by atoms with Crippen molar-refractivity contribution in [2.75, 3.05) is 24.1 Å². The van der Waals surface area contributed by atoms with E-state index in [0.717, 1.165) is 18.6 Å². The topological polar surface area (TPSA) is 137 Å². The molecule has 4 rings (SSSR count). The standard InChI is InChI=1S/C22H23F3N6O3/c1-11(13-5-14(22(23,24)25)7-15(26)6-13)28-19-16-8-18(27-9-17(16)20(32)30-29-19)12-3-2-4-31(10-12)21(33)34/h5-9,11-12H,2-4,10,26H2,1H3,(H,28,29)(H,30,32)(H,33,34)/t11?,12-/m0/s1. The van der Waals surface area contributed by atoms with Crippen LogP contribution in [0.5, 0.6) is 0 Å². The average Bonchev–Trinajstić information content (AvgIpc) is 2.79. The van der Waals surface area contributed by atoms with E-state index in [1.165, 1.54) is 17.2 Å². The second-order valence-corrected chi connectivity index (χ2v) is 8.38. The first kappa shape index (κ1) is 23.3. The van der Waals surface area contributed by atoms with Gasteiger partial charge >= 0.3 is 12.3 Å². The predicted molar refractivity (Wildman–Crippen MR) is 120 cm³/mol. The summed E-state index contributed by atoms with van der Waals surface area (Å²) in [4.78, 5) is 29.4. The highest BCUT2D eigenvalue weighted by Crippen LogP contribution is 2.34. The summed E-state index contributed by atoms with van der Waals surface area (Å²) >= 11 is 0. The van der Waals surface area contributed by atoms with Crippen LogP contribution in [0, 0.1) is 0 Å². The number of anilines is 2. The summed E-state index contributed by atoms with van der Waals surface area (Å²) in [6, 6.07) is 4.38. The molecule has 0 aliphatic carbocycles. The minimum Gasteiger partial charge on any atom is -0.465 e. The van der Waals surface area contributed by atoms with Crippen molar-refractivity contribution in [3.63, 3.8) is 0 Å². The number of fused-ring (bicyclic) bond motifs is 1. The van der Waals surface area contributed by atoms with Gasteiger partial charge in [-0.05, 0) is 49.6 Å². The second kappa shape index (κ2) is 8.84. The van der Waals surface area contributed by atoms with Crippen LogP contribution >= 0.6 is 0 Å². The van der Waals surface area contributed by atoms with E-state index in [0.29, 0.717) is 29.6 Å². The SMILES string of the molecule is CC(Nc1n[nH]c(=O)c2cnc([C@H]3CCCN(C(=O)O)C3)cc12)c1cc(N)cc(C(F)(F)F)c1. The quantitative estimate of drug-likeness (QED) is 0.419. The molecule has 2 aromatic heterocycles.